The molecule has 34 heavy (non-hydrogen) atoms. The summed E-state index contributed by atoms with van der Waals surface area (Å²) >= 11 is 4.22. The highest BCUT2D eigenvalue weighted by molar-refractivity contribution is 9.09. The van der Waals surface area contributed by atoms with Crippen molar-refractivity contribution in [3.63, 3.8) is 0 Å². The molecule has 2 heterocycles. The predicted molar refractivity (Wildman–Crippen MR) is 139 cm³/mol. The summed E-state index contributed by atoms with van der Waals surface area (Å²) in [5.74, 6) is 0. The van der Waals surface area contributed by atoms with Crippen LogP contribution in [0.3, 0.4) is 0 Å². The molecule has 1 nitrogen and oxygen atoms in total. The summed E-state index contributed by atoms with van der Waals surface area (Å²) in [4.78, 5) is 0. The average Bonchev–Trinajstić information content (AvgIpc) is 2.90. The lowest BCUT2D eigenvalue weighted by molar-refractivity contribution is -0.680. The molecule has 3 heteroatoms. The number of nitrogens with zero attached hydrogens (tertiary/aromatic N) is 1. The second-order valence-corrected chi connectivity index (χ2v) is 9.90. The van der Waals surface area contributed by atoms with E-state index >= 15 is 0 Å². The van der Waals surface area contributed by atoms with Crippen LogP contribution in [0.4, 0.5) is 0 Å². The molecule has 0 spiro atoms. The Hall–Kier alpha value is -3.01. The van der Waals surface area contributed by atoms with Gasteiger partial charge >= 0.3 is 0 Å². The number of pyridine rings is 1. The molecule has 0 bridgehead atoms. The van der Waals surface area contributed by atoms with Crippen LogP contribution in [0, 0.1) is 0 Å². The third kappa shape index (κ3) is 3.83. The Labute approximate surface area is 219 Å². The van der Waals surface area contributed by atoms with Crippen molar-refractivity contribution in [2.75, 3.05) is 0 Å². The number of fused-ring (bicyclic) bond motifs is 3. The average molecular weight is 569 g/mol. The quantitative estimate of drug-likeness (QED) is 0.221. The zero-order valence-electron chi connectivity index (χ0n) is 18.5. The van der Waals surface area contributed by atoms with E-state index in [1.165, 1.54) is 44.8 Å². The van der Waals surface area contributed by atoms with Crippen molar-refractivity contribution >= 4 is 15.9 Å². The predicted octanol–water partition coefficient (Wildman–Crippen LogP) is 4.63. The fraction of sp³-hybridized carbons (Fsp3) is 0.0645. The van der Waals surface area contributed by atoms with Gasteiger partial charge in [0.25, 0.3) is 0 Å². The zero-order valence-corrected chi connectivity index (χ0v) is 21.7. The number of hydrogen-bond acceptors (Lipinski definition) is 0. The van der Waals surface area contributed by atoms with Crippen LogP contribution in [0.2, 0.25) is 0 Å². The molecule has 0 aliphatic carbocycles. The molecule has 1 aliphatic heterocycles. The molecule has 1 aromatic heterocycles. The summed E-state index contributed by atoms with van der Waals surface area (Å²) < 4.78 is 2.17. The number of aromatic nitrogens is 1. The first-order chi connectivity index (χ1) is 16.2. The summed E-state index contributed by atoms with van der Waals surface area (Å²) in [6.07, 6.45) is 0. The van der Waals surface area contributed by atoms with Gasteiger partial charge in [-0.1, -0.05) is 113 Å². The van der Waals surface area contributed by atoms with Crippen LogP contribution in [-0.4, -0.2) is 0 Å². The molecule has 0 saturated heterocycles. The molecule has 1 atom stereocenters. The number of rotatable bonds is 3. The number of hydrogen-bond donors (Lipinski definition) is 0. The topological polar surface area (TPSA) is 3.88 Å². The monoisotopic (exact) mass is 567 g/mol. The third-order valence-electron chi connectivity index (χ3n) is 6.58. The highest BCUT2D eigenvalue weighted by atomic mass is 79.9. The minimum atomic E-state index is -0.305. The van der Waals surface area contributed by atoms with E-state index in [2.05, 4.69) is 148 Å². The molecule has 0 saturated carbocycles. The van der Waals surface area contributed by atoms with Crippen molar-refractivity contribution < 1.29 is 21.5 Å². The van der Waals surface area contributed by atoms with E-state index in [-0.39, 0.29) is 21.3 Å². The maximum Gasteiger partial charge on any atom is 0.214 e. The largest absolute Gasteiger partial charge is 1.00 e. The maximum atomic E-state index is 4.22. The fourth-order valence-corrected chi connectivity index (χ4v) is 5.83. The minimum Gasteiger partial charge on any atom is -1.00 e. The van der Waals surface area contributed by atoms with Crippen molar-refractivity contribution in [1.82, 2.24) is 0 Å². The van der Waals surface area contributed by atoms with Gasteiger partial charge in [-0.2, -0.15) is 4.57 Å². The normalized spacial score (nSPS) is 16.1. The molecule has 0 radical (unpaired) electrons. The SMILES string of the molecule is BrC1(c2ccccc2)C[n+]2c(-c3ccccc3)cc(-c3ccccc3)cc2-c2ccccc21.[Br-]. The van der Waals surface area contributed by atoms with Gasteiger partial charge in [0.15, 0.2) is 6.54 Å². The molecule has 5 aromatic rings. The van der Waals surface area contributed by atoms with Gasteiger partial charge < -0.3 is 17.0 Å². The van der Waals surface area contributed by atoms with E-state index < -0.39 is 0 Å². The Morgan fingerprint density at radius 2 is 1.09 bits per heavy atom. The van der Waals surface area contributed by atoms with Crippen LogP contribution in [-0.2, 0) is 10.9 Å². The highest BCUT2D eigenvalue weighted by Crippen LogP contribution is 2.47. The Kier molecular flexibility index (Phi) is 6.24. The smallest absolute Gasteiger partial charge is 0.214 e. The first-order valence-corrected chi connectivity index (χ1v) is 12.1. The molecule has 0 amide bonds. The number of benzene rings is 4. The number of alkyl halides is 1. The molecule has 0 N–H and O–H groups in total. The van der Waals surface area contributed by atoms with E-state index in [0.29, 0.717) is 0 Å². The summed E-state index contributed by atoms with van der Waals surface area (Å²) in [5, 5.41) is 0. The van der Waals surface area contributed by atoms with Gasteiger partial charge in [-0.05, 0) is 40.5 Å². The van der Waals surface area contributed by atoms with Gasteiger partial charge in [-0.25, -0.2) is 0 Å². The van der Waals surface area contributed by atoms with Crippen molar-refractivity contribution in [3.05, 3.63) is 139 Å². The molecule has 1 aliphatic rings. The summed E-state index contributed by atoms with van der Waals surface area (Å²) in [7, 11) is 0. The van der Waals surface area contributed by atoms with Gasteiger partial charge in [0.05, 0.1) is 5.56 Å². The third-order valence-corrected chi connectivity index (χ3v) is 7.72. The van der Waals surface area contributed by atoms with Crippen LogP contribution < -0.4 is 21.5 Å². The highest BCUT2D eigenvalue weighted by Gasteiger charge is 2.44. The molecule has 4 aromatic carbocycles. The Morgan fingerprint density at radius 1 is 0.559 bits per heavy atom. The van der Waals surface area contributed by atoms with Gasteiger partial charge in [-0.3, -0.25) is 0 Å². The minimum absolute atomic E-state index is 0. The lowest BCUT2D eigenvalue weighted by Crippen LogP contribution is -3.00. The Balaban J connectivity index is 0.00000241. The van der Waals surface area contributed by atoms with E-state index in [0.717, 1.165) is 6.54 Å². The van der Waals surface area contributed by atoms with Crippen LogP contribution in [0.25, 0.3) is 33.6 Å². The lowest BCUT2D eigenvalue weighted by Gasteiger charge is -2.32. The van der Waals surface area contributed by atoms with E-state index in [1.807, 2.05) is 0 Å². The molecular formula is C31H23Br2N. The molecule has 6 rings (SSSR count). The molecule has 166 valence electrons. The summed E-state index contributed by atoms with van der Waals surface area (Å²) in [6, 6.07) is 45.6. The zero-order chi connectivity index (χ0) is 22.3. The first kappa shape index (κ1) is 22.8. The van der Waals surface area contributed by atoms with Gasteiger partial charge in [0, 0.05) is 17.7 Å². The Bertz CT molecular complexity index is 1420. The molecular weight excluding hydrogens is 546 g/mol. The summed E-state index contributed by atoms with van der Waals surface area (Å²) in [6.45, 7) is 0.808. The second kappa shape index (κ2) is 9.32. The van der Waals surface area contributed by atoms with Crippen LogP contribution in [0.1, 0.15) is 11.1 Å². The van der Waals surface area contributed by atoms with Crippen molar-refractivity contribution in [1.29, 1.82) is 0 Å². The fourth-order valence-electron chi connectivity index (χ4n) is 4.96. The van der Waals surface area contributed by atoms with Gasteiger partial charge in [0.2, 0.25) is 11.4 Å². The van der Waals surface area contributed by atoms with Crippen molar-refractivity contribution in [2.24, 2.45) is 0 Å². The van der Waals surface area contributed by atoms with E-state index in [9.17, 15) is 0 Å². The van der Waals surface area contributed by atoms with Gasteiger partial charge in [-0.15, -0.1) is 0 Å². The van der Waals surface area contributed by atoms with E-state index in [4.69, 9.17) is 0 Å². The van der Waals surface area contributed by atoms with Crippen LogP contribution >= 0.6 is 15.9 Å². The second-order valence-electron chi connectivity index (χ2n) is 8.55. The van der Waals surface area contributed by atoms with Crippen LogP contribution in [0.5, 0.6) is 0 Å². The van der Waals surface area contributed by atoms with Crippen molar-refractivity contribution in [2.45, 2.75) is 10.9 Å². The standard InChI is InChI=1S/C31H23BrN.BrH/c32-31(26-16-8-3-9-17-26)22-33-29(24-14-6-2-7-15-24)20-25(23-12-4-1-5-13-23)21-30(33)27-18-10-11-19-28(27)31;/h1-21H,22H2;1H/q+1;/p-1. The number of halogens is 2. The van der Waals surface area contributed by atoms with Crippen LogP contribution in [0.15, 0.2) is 127 Å². The Morgan fingerprint density at radius 3 is 1.76 bits per heavy atom. The molecule has 1 unspecified atom stereocenters. The maximum absolute atomic E-state index is 4.22. The van der Waals surface area contributed by atoms with E-state index in [1.54, 1.807) is 0 Å². The first-order valence-electron chi connectivity index (χ1n) is 11.3. The summed E-state index contributed by atoms with van der Waals surface area (Å²) in [5.41, 5.74) is 9.99. The lowest BCUT2D eigenvalue weighted by atomic mass is 9.82. The van der Waals surface area contributed by atoms with Gasteiger partial charge in [0.1, 0.15) is 4.32 Å². The molecule has 0 fully saturated rings. The van der Waals surface area contributed by atoms with Crippen molar-refractivity contribution in [3.8, 4) is 33.6 Å².